The highest BCUT2D eigenvalue weighted by Gasteiger charge is 2.43. The summed E-state index contributed by atoms with van der Waals surface area (Å²) >= 11 is 0. The maximum atomic E-state index is 14.7. The Balaban J connectivity index is 1.26. The molecule has 4 aromatic rings. The van der Waals surface area contributed by atoms with Gasteiger partial charge in [0, 0.05) is 47.9 Å². The summed E-state index contributed by atoms with van der Waals surface area (Å²) in [6, 6.07) is 6.69. The van der Waals surface area contributed by atoms with E-state index < -0.39 is 23.8 Å². The standard InChI is InChI=1S/C24H22F2N6O3/c1-13-17(25)8-14(22-29-24(35-30-22)16-11-18(16)26)9-19(13)28-23(33)20-12-27-21-10-15(2-3-32(20)21)31-4-6-34-7-5-31/h2-3,8-10,12,16,18H,4-7,11H2,1H3,(H,28,33)/t16-,18-/m1/s1. The molecule has 1 aliphatic carbocycles. The summed E-state index contributed by atoms with van der Waals surface area (Å²) in [4.78, 5) is 23.9. The molecule has 180 valence electrons. The molecule has 1 saturated heterocycles. The lowest BCUT2D eigenvalue weighted by Crippen LogP contribution is -2.36. The number of alkyl halides is 1. The van der Waals surface area contributed by atoms with Gasteiger partial charge in [-0.3, -0.25) is 9.20 Å². The molecule has 4 heterocycles. The summed E-state index contributed by atoms with van der Waals surface area (Å²) < 4.78 is 40.2. The molecule has 1 aromatic carbocycles. The first-order valence-corrected chi connectivity index (χ1v) is 11.4. The van der Waals surface area contributed by atoms with Crippen molar-refractivity contribution in [2.75, 3.05) is 36.5 Å². The van der Waals surface area contributed by atoms with Crippen LogP contribution in [0.25, 0.3) is 17.0 Å². The highest BCUT2D eigenvalue weighted by molar-refractivity contribution is 6.04. The molecule has 0 spiro atoms. The first kappa shape index (κ1) is 21.7. The molecule has 9 nitrogen and oxygen atoms in total. The van der Waals surface area contributed by atoms with Gasteiger partial charge in [-0.1, -0.05) is 5.16 Å². The largest absolute Gasteiger partial charge is 0.378 e. The molecule has 1 aliphatic heterocycles. The maximum absolute atomic E-state index is 14.7. The van der Waals surface area contributed by atoms with E-state index in [0.29, 0.717) is 36.5 Å². The zero-order chi connectivity index (χ0) is 24.1. The normalized spacial score (nSPS) is 19.8. The number of benzene rings is 1. The van der Waals surface area contributed by atoms with Gasteiger partial charge < -0.3 is 19.5 Å². The highest BCUT2D eigenvalue weighted by Crippen LogP contribution is 2.43. The number of pyridine rings is 1. The molecule has 2 atom stereocenters. The number of anilines is 2. The van der Waals surface area contributed by atoms with Gasteiger partial charge in [0.2, 0.25) is 11.7 Å². The number of morpholine rings is 1. The third kappa shape index (κ3) is 4.01. The third-order valence-electron chi connectivity index (χ3n) is 6.43. The van der Waals surface area contributed by atoms with Gasteiger partial charge in [-0.2, -0.15) is 4.98 Å². The fourth-order valence-electron chi connectivity index (χ4n) is 4.20. The molecule has 2 fully saturated rings. The zero-order valence-electron chi connectivity index (χ0n) is 18.9. The number of carbonyl (C=O) groups is 1. The van der Waals surface area contributed by atoms with Gasteiger partial charge in [0.05, 0.1) is 25.3 Å². The molecule has 0 unspecified atom stereocenters. The lowest BCUT2D eigenvalue weighted by molar-refractivity contribution is 0.102. The molecule has 11 heteroatoms. The van der Waals surface area contributed by atoms with Crippen LogP contribution in [0.1, 0.15) is 34.3 Å². The molecule has 3 aromatic heterocycles. The van der Waals surface area contributed by atoms with Gasteiger partial charge in [-0.25, -0.2) is 13.8 Å². The number of fused-ring (bicyclic) bond motifs is 1. The highest BCUT2D eigenvalue weighted by atomic mass is 19.1. The number of aromatic nitrogens is 4. The van der Waals surface area contributed by atoms with Gasteiger partial charge in [0.1, 0.15) is 23.3 Å². The van der Waals surface area contributed by atoms with E-state index in [0.717, 1.165) is 18.8 Å². The molecule has 6 rings (SSSR count). The number of nitrogens with one attached hydrogen (secondary N) is 1. The van der Waals surface area contributed by atoms with Gasteiger partial charge >= 0.3 is 0 Å². The van der Waals surface area contributed by atoms with E-state index >= 15 is 0 Å². The monoisotopic (exact) mass is 480 g/mol. The Morgan fingerprint density at radius 2 is 2.03 bits per heavy atom. The second-order valence-corrected chi connectivity index (χ2v) is 8.76. The molecule has 0 bridgehead atoms. The Kier molecular flexibility index (Phi) is 5.21. The topological polar surface area (TPSA) is 97.8 Å². The minimum atomic E-state index is -0.983. The lowest BCUT2D eigenvalue weighted by Gasteiger charge is -2.28. The van der Waals surface area contributed by atoms with Crippen LogP contribution in [0.2, 0.25) is 0 Å². The van der Waals surface area contributed by atoms with E-state index in [1.165, 1.54) is 12.3 Å². The average Bonchev–Trinajstić information content (AvgIpc) is 3.25. The Hall–Kier alpha value is -3.86. The minimum absolute atomic E-state index is 0.138. The van der Waals surface area contributed by atoms with Crippen molar-refractivity contribution in [3.05, 3.63) is 59.6 Å². The fraction of sp³-hybridized carbons (Fsp3) is 0.333. The smallest absolute Gasteiger partial charge is 0.274 e. The predicted molar refractivity (Wildman–Crippen MR) is 123 cm³/mol. The van der Waals surface area contributed by atoms with Crippen LogP contribution in [-0.4, -0.2) is 57.9 Å². The summed E-state index contributed by atoms with van der Waals surface area (Å²) in [5.41, 5.74) is 2.80. The molecule has 1 saturated carbocycles. The Morgan fingerprint density at radius 1 is 1.23 bits per heavy atom. The quantitative estimate of drug-likeness (QED) is 0.465. The van der Waals surface area contributed by atoms with E-state index in [2.05, 4.69) is 25.3 Å². The van der Waals surface area contributed by atoms with E-state index in [1.54, 1.807) is 23.6 Å². The molecular formula is C24H22F2N6O3. The van der Waals surface area contributed by atoms with Crippen LogP contribution in [0, 0.1) is 12.7 Å². The Bertz CT molecular complexity index is 1430. The summed E-state index contributed by atoms with van der Waals surface area (Å²) in [7, 11) is 0. The van der Waals surface area contributed by atoms with Crippen LogP contribution in [-0.2, 0) is 4.74 Å². The van der Waals surface area contributed by atoms with Gasteiger partial charge in [0.15, 0.2) is 0 Å². The number of nitrogens with zero attached hydrogens (tertiary/aromatic N) is 5. The van der Waals surface area contributed by atoms with Crippen molar-refractivity contribution in [3.63, 3.8) is 0 Å². The van der Waals surface area contributed by atoms with Crippen LogP contribution < -0.4 is 10.2 Å². The number of hydrogen-bond acceptors (Lipinski definition) is 7. The predicted octanol–water partition coefficient (Wildman–Crippen LogP) is 3.75. The lowest BCUT2D eigenvalue weighted by atomic mass is 10.1. The van der Waals surface area contributed by atoms with Crippen LogP contribution >= 0.6 is 0 Å². The number of rotatable bonds is 5. The van der Waals surface area contributed by atoms with E-state index in [9.17, 15) is 13.6 Å². The molecular weight excluding hydrogens is 458 g/mol. The van der Waals surface area contributed by atoms with Crippen LogP contribution in [0.3, 0.4) is 0 Å². The van der Waals surface area contributed by atoms with Crippen molar-refractivity contribution in [2.24, 2.45) is 0 Å². The van der Waals surface area contributed by atoms with Crippen LogP contribution in [0.4, 0.5) is 20.2 Å². The first-order chi connectivity index (χ1) is 17.0. The summed E-state index contributed by atoms with van der Waals surface area (Å²) in [6.45, 7) is 4.50. The second-order valence-electron chi connectivity index (χ2n) is 8.76. The van der Waals surface area contributed by atoms with Crippen molar-refractivity contribution in [2.45, 2.75) is 25.4 Å². The van der Waals surface area contributed by atoms with Crippen LogP contribution in [0.15, 0.2) is 41.2 Å². The van der Waals surface area contributed by atoms with E-state index in [1.807, 2.05) is 12.1 Å². The fourth-order valence-corrected chi connectivity index (χ4v) is 4.20. The molecule has 35 heavy (non-hydrogen) atoms. The zero-order valence-corrected chi connectivity index (χ0v) is 18.9. The second kappa shape index (κ2) is 8.42. The number of hydrogen-bond donors (Lipinski definition) is 1. The number of carbonyl (C=O) groups excluding carboxylic acids is 1. The summed E-state index contributed by atoms with van der Waals surface area (Å²) in [5.74, 6) is -1.04. The number of imidazole rings is 1. The number of halogens is 2. The SMILES string of the molecule is Cc1c(F)cc(-c2noc([C@@H]3C[C@H]3F)n2)cc1NC(=O)c1cnc2cc(N3CCOCC3)ccn12. The van der Waals surface area contributed by atoms with Gasteiger partial charge in [0.25, 0.3) is 5.91 Å². The van der Waals surface area contributed by atoms with E-state index in [-0.39, 0.29) is 23.0 Å². The van der Waals surface area contributed by atoms with Gasteiger partial charge in [-0.15, -0.1) is 0 Å². The van der Waals surface area contributed by atoms with Gasteiger partial charge in [-0.05, 0) is 31.5 Å². The number of ether oxygens (including phenoxy) is 1. The first-order valence-electron chi connectivity index (χ1n) is 11.4. The molecule has 1 amide bonds. The molecule has 1 N–H and O–H groups in total. The maximum Gasteiger partial charge on any atom is 0.274 e. The number of amides is 1. The van der Waals surface area contributed by atoms with E-state index in [4.69, 9.17) is 9.26 Å². The van der Waals surface area contributed by atoms with Crippen molar-refractivity contribution in [3.8, 4) is 11.4 Å². The van der Waals surface area contributed by atoms with Crippen molar-refractivity contribution < 1.29 is 22.8 Å². The summed E-state index contributed by atoms with van der Waals surface area (Å²) in [5, 5.41) is 6.62. The molecule has 2 aliphatic rings. The van der Waals surface area contributed by atoms with Crippen molar-refractivity contribution >= 4 is 22.9 Å². The Labute approximate surface area is 198 Å². The average molecular weight is 480 g/mol. The molecule has 0 radical (unpaired) electrons. The van der Waals surface area contributed by atoms with Crippen molar-refractivity contribution in [1.29, 1.82) is 0 Å². The summed E-state index contributed by atoms with van der Waals surface area (Å²) in [6.07, 6.45) is 2.64. The van der Waals surface area contributed by atoms with Crippen LogP contribution in [0.5, 0.6) is 0 Å². The Morgan fingerprint density at radius 3 is 2.80 bits per heavy atom. The van der Waals surface area contributed by atoms with Crippen molar-refractivity contribution in [1.82, 2.24) is 19.5 Å². The third-order valence-corrected chi connectivity index (χ3v) is 6.43. The minimum Gasteiger partial charge on any atom is -0.378 e.